The Morgan fingerprint density at radius 3 is 2.47 bits per heavy atom. The molecule has 0 bridgehead atoms. The van der Waals surface area contributed by atoms with E-state index >= 15 is 0 Å². The molecule has 0 unspecified atom stereocenters. The number of halogens is 3. The summed E-state index contributed by atoms with van der Waals surface area (Å²) in [6.07, 6.45) is -2.01. The van der Waals surface area contributed by atoms with Crippen LogP contribution in [0.2, 0.25) is 0 Å². The van der Waals surface area contributed by atoms with E-state index in [1.807, 2.05) is 0 Å². The molecule has 1 fully saturated rings. The first-order chi connectivity index (χ1) is 15.3. The van der Waals surface area contributed by atoms with Gasteiger partial charge in [-0.3, -0.25) is 0 Å². The number of methoxy groups -OCH3 is 1. The Bertz CT molecular complexity index is 1070. The van der Waals surface area contributed by atoms with Gasteiger partial charge in [0, 0.05) is 25.2 Å². The van der Waals surface area contributed by atoms with E-state index in [-0.39, 0.29) is 17.7 Å². The van der Waals surface area contributed by atoms with Crippen molar-refractivity contribution in [1.29, 1.82) is 0 Å². The van der Waals surface area contributed by atoms with E-state index in [0.717, 1.165) is 12.1 Å². The molecule has 3 aromatic rings. The molecule has 4 rings (SSSR count). The third kappa shape index (κ3) is 4.13. The van der Waals surface area contributed by atoms with E-state index in [1.54, 1.807) is 13.0 Å². The second-order valence-electron chi connectivity index (χ2n) is 7.55. The van der Waals surface area contributed by atoms with Crippen molar-refractivity contribution < 1.29 is 37.4 Å². The third-order valence-corrected chi connectivity index (χ3v) is 5.41. The molecule has 1 saturated heterocycles. The first-order valence-electron chi connectivity index (χ1n) is 9.78. The van der Waals surface area contributed by atoms with Crippen molar-refractivity contribution in [3.05, 3.63) is 53.3 Å². The number of ether oxygens (including phenoxy) is 2. The number of aromatic nitrogens is 4. The second kappa shape index (κ2) is 8.98. The van der Waals surface area contributed by atoms with Gasteiger partial charge < -0.3 is 24.2 Å². The van der Waals surface area contributed by atoms with E-state index < -0.39 is 54.5 Å². The molecule has 12 heteroatoms. The van der Waals surface area contributed by atoms with Crippen molar-refractivity contribution in [3.8, 4) is 11.3 Å². The van der Waals surface area contributed by atoms with Gasteiger partial charge in [0.15, 0.2) is 17.5 Å². The number of nitrogens with zero attached hydrogens (tertiary/aromatic N) is 4. The maximum atomic E-state index is 13.6. The van der Waals surface area contributed by atoms with Crippen molar-refractivity contribution in [2.24, 2.45) is 0 Å². The van der Waals surface area contributed by atoms with Crippen molar-refractivity contribution >= 4 is 0 Å². The van der Waals surface area contributed by atoms with Gasteiger partial charge in [-0.1, -0.05) is 10.4 Å². The molecule has 5 atom stereocenters. The zero-order valence-electron chi connectivity index (χ0n) is 17.2. The molecule has 1 aliphatic heterocycles. The number of hydrogen-bond donors (Lipinski definition) is 2. The van der Waals surface area contributed by atoms with E-state index in [9.17, 15) is 23.4 Å². The summed E-state index contributed by atoms with van der Waals surface area (Å²) >= 11 is 0. The smallest absolute Gasteiger partial charge is 0.194 e. The Kier molecular flexibility index (Phi) is 6.29. The number of rotatable bonds is 6. The quantitative estimate of drug-likeness (QED) is 0.540. The number of benzene rings is 1. The minimum absolute atomic E-state index is 0.0319. The molecule has 3 heterocycles. The lowest BCUT2D eigenvalue weighted by Gasteiger charge is -2.43. The largest absolute Gasteiger partial charge is 0.394 e. The van der Waals surface area contributed by atoms with E-state index in [0.29, 0.717) is 11.5 Å². The van der Waals surface area contributed by atoms with E-state index in [1.165, 1.54) is 18.0 Å². The molecule has 0 saturated carbocycles. The lowest BCUT2D eigenvalue weighted by molar-refractivity contribution is -0.212. The van der Waals surface area contributed by atoms with E-state index in [4.69, 9.17) is 14.0 Å². The molecule has 172 valence electrons. The van der Waals surface area contributed by atoms with Crippen LogP contribution in [0, 0.1) is 24.4 Å². The van der Waals surface area contributed by atoms with Crippen LogP contribution in [0.25, 0.3) is 11.3 Å². The van der Waals surface area contributed by atoms with Crippen molar-refractivity contribution in [3.63, 3.8) is 0 Å². The SMILES string of the molecule is CO[C@@H]1[C@@H](n2cc(-c3cc(F)c(F)c(F)c3)nn2)[C@@H](O)[C@@H](CO)O[C@@H]1Cc1cc(C)no1. The monoisotopic (exact) mass is 454 g/mol. The summed E-state index contributed by atoms with van der Waals surface area (Å²) in [5.74, 6) is -3.79. The van der Waals surface area contributed by atoms with Crippen LogP contribution in [-0.2, 0) is 15.9 Å². The Morgan fingerprint density at radius 1 is 1.16 bits per heavy atom. The van der Waals surface area contributed by atoms with Crippen molar-refractivity contribution in [2.75, 3.05) is 13.7 Å². The first kappa shape index (κ1) is 22.4. The third-order valence-electron chi connectivity index (χ3n) is 5.41. The van der Waals surface area contributed by atoms with Gasteiger partial charge in [0.05, 0.1) is 24.6 Å². The average Bonchev–Trinajstić information content (AvgIpc) is 3.41. The van der Waals surface area contributed by atoms with Crippen LogP contribution >= 0.6 is 0 Å². The first-order valence-corrected chi connectivity index (χ1v) is 9.78. The van der Waals surface area contributed by atoms with Crippen LogP contribution in [0.4, 0.5) is 13.2 Å². The standard InChI is InChI=1S/C20H21F3N4O5/c1-9-3-11(32-25-9)6-15-20(30-2)18(19(29)16(8-28)31-15)27-7-14(24-26-27)10-4-12(21)17(23)13(22)5-10/h3-5,7,15-16,18-20,28-29H,6,8H2,1-2H3/t15-,16-,18+,19+,20+/m1/s1. The highest BCUT2D eigenvalue weighted by molar-refractivity contribution is 5.57. The second-order valence-corrected chi connectivity index (χ2v) is 7.55. The van der Waals surface area contributed by atoms with Crippen molar-refractivity contribution in [2.45, 2.75) is 43.8 Å². The zero-order chi connectivity index (χ0) is 23.0. The van der Waals surface area contributed by atoms with Gasteiger partial charge in [-0.05, 0) is 19.1 Å². The molecule has 0 radical (unpaired) electrons. The highest BCUT2D eigenvalue weighted by Gasteiger charge is 2.47. The molecule has 1 aliphatic rings. The van der Waals surface area contributed by atoms with Crippen LogP contribution < -0.4 is 0 Å². The summed E-state index contributed by atoms with van der Waals surface area (Å²) < 4.78 is 58.5. The fraction of sp³-hybridized carbons (Fsp3) is 0.450. The maximum absolute atomic E-state index is 13.6. The molecule has 0 aliphatic carbocycles. The zero-order valence-corrected chi connectivity index (χ0v) is 17.2. The summed E-state index contributed by atoms with van der Waals surface area (Å²) in [6, 6.07) is 2.46. The van der Waals surface area contributed by atoms with Gasteiger partial charge in [-0.25, -0.2) is 17.9 Å². The average molecular weight is 454 g/mol. The number of aliphatic hydroxyl groups excluding tert-OH is 2. The fourth-order valence-corrected chi connectivity index (χ4v) is 3.90. The molecule has 1 aromatic carbocycles. The van der Waals surface area contributed by atoms with Gasteiger partial charge in [-0.2, -0.15) is 0 Å². The Morgan fingerprint density at radius 2 is 1.88 bits per heavy atom. The van der Waals surface area contributed by atoms with Crippen molar-refractivity contribution in [1.82, 2.24) is 20.2 Å². The van der Waals surface area contributed by atoms with E-state index in [2.05, 4.69) is 15.5 Å². The minimum atomic E-state index is -1.59. The van der Waals surface area contributed by atoms with Gasteiger partial charge in [0.1, 0.15) is 35.8 Å². The molecule has 9 nitrogen and oxygen atoms in total. The molecular weight excluding hydrogens is 433 g/mol. The predicted molar refractivity (Wildman–Crippen MR) is 102 cm³/mol. The number of aliphatic hydroxyl groups is 2. The van der Waals surface area contributed by atoms with Crippen LogP contribution in [0.3, 0.4) is 0 Å². The highest BCUT2D eigenvalue weighted by Crippen LogP contribution is 2.34. The van der Waals surface area contributed by atoms with Gasteiger partial charge >= 0.3 is 0 Å². The molecule has 2 N–H and O–H groups in total. The molecular formula is C20H21F3N4O5. The van der Waals surface area contributed by atoms with Crippen LogP contribution in [0.15, 0.2) is 28.9 Å². The van der Waals surface area contributed by atoms with Gasteiger partial charge in [0.25, 0.3) is 0 Å². The number of hydrogen-bond acceptors (Lipinski definition) is 8. The predicted octanol–water partition coefficient (Wildman–Crippen LogP) is 1.58. The summed E-state index contributed by atoms with van der Waals surface area (Å²) in [4.78, 5) is 0. The lowest BCUT2D eigenvalue weighted by atomic mass is 9.90. The molecule has 32 heavy (non-hydrogen) atoms. The van der Waals surface area contributed by atoms with Crippen LogP contribution in [0.5, 0.6) is 0 Å². The van der Waals surface area contributed by atoms with Crippen LogP contribution in [0.1, 0.15) is 17.5 Å². The van der Waals surface area contributed by atoms with Crippen LogP contribution in [-0.4, -0.2) is 68.5 Å². The fourth-order valence-electron chi connectivity index (χ4n) is 3.90. The van der Waals surface area contributed by atoms with Gasteiger partial charge in [0.2, 0.25) is 0 Å². The summed E-state index contributed by atoms with van der Waals surface area (Å²) in [7, 11) is 1.42. The summed E-state index contributed by atoms with van der Waals surface area (Å²) in [6.45, 7) is 1.29. The van der Waals surface area contributed by atoms with Gasteiger partial charge in [-0.15, -0.1) is 5.10 Å². The molecule has 2 aromatic heterocycles. The molecule has 0 amide bonds. The summed E-state index contributed by atoms with van der Waals surface area (Å²) in [5.41, 5.74) is 0.703. The molecule has 0 spiro atoms. The Labute approximate surface area is 180 Å². The Balaban J connectivity index is 1.67. The highest BCUT2D eigenvalue weighted by atomic mass is 19.2. The summed E-state index contributed by atoms with van der Waals surface area (Å²) in [5, 5.41) is 32.2. The maximum Gasteiger partial charge on any atom is 0.194 e. The topological polar surface area (TPSA) is 116 Å². The Hall–Kier alpha value is -2.80. The lowest BCUT2D eigenvalue weighted by Crippen LogP contribution is -2.57. The normalized spacial score (nSPS) is 25.9. The minimum Gasteiger partial charge on any atom is -0.394 e. The number of aryl methyl sites for hydroxylation is 1.